The lowest BCUT2D eigenvalue weighted by molar-refractivity contribution is -0.0585. The van der Waals surface area contributed by atoms with Crippen LogP contribution >= 0.6 is 15.9 Å². The summed E-state index contributed by atoms with van der Waals surface area (Å²) in [5.41, 5.74) is 7.74. The van der Waals surface area contributed by atoms with Crippen LogP contribution in [0.5, 0.6) is 0 Å². The molecule has 15 heavy (non-hydrogen) atoms. The number of benzene rings is 1. The van der Waals surface area contributed by atoms with Crippen LogP contribution in [0.3, 0.4) is 0 Å². The van der Waals surface area contributed by atoms with Crippen molar-refractivity contribution >= 4 is 15.9 Å². The van der Waals surface area contributed by atoms with E-state index in [-0.39, 0.29) is 12.4 Å². The molecule has 1 heterocycles. The molecule has 0 saturated carbocycles. The SMILES string of the molecule is Cc1cc(C2OCC(CN)O2)ccc1Br. The highest BCUT2D eigenvalue weighted by molar-refractivity contribution is 9.10. The summed E-state index contributed by atoms with van der Waals surface area (Å²) in [6.45, 7) is 3.13. The predicted molar refractivity (Wildman–Crippen MR) is 61.5 cm³/mol. The van der Waals surface area contributed by atoms with Crippen molar-refractivity contribution < 1.29 is 9.47 Å². The molecule has 0 aliphatic carbocycles. The van der Waals surface area contributed by atoms with Gasteiger partial charge in [0, 0.05) is 16.6 Å². The zero-order valence-corrected chi connectivity index (χ0v) is 10.2. The van der Waals surface area contributed by atoms with Crippen molar-refractivity contribution in [2.45, 2.75) is 19.3 Å². The number of hydrogen-bond acceptors (Lipinski definition) is 3. The van der Waals surface area contributed by atoms with Crippen molar-refractivity contribution in [1.29, 1.82) is 0 Å². The lowest BCUT2D eigenvalue weighted by Gasteiger charge is -2.11. The number of ether oxygens (including phenoxy) is 2. The first kappa shape index (κ1) is 11.1. The number of rotatable bonds is 2. The van der Waals surface area contributed by atoms with Crippen LogP contribution in [0.25, 0.3) is 0 Å². The van der Waals surface area contributed by atoms with Crippen LogP contribution in [0, 0.1) is 6.92 Å². The molecule has 82 valence electrons. The summed E-state index contributed by atoms with van der Waals surface area (Å²) < 4.78 is 12.2. The zero-order chi connectivity index (χ0) is 10.8. The van der Waals surface area contributed by atoms with Crippen LogP contribution in [0.1, 0.15) is 17.4 Å². The van der Waals surface area contributed by atoms with Crippen molar-refractivity contribution in [3.05, 3.63) is 33.8 Å². The molecule has 1 aromatic rings. The number of halogens is 1. The molecule has 2 unspecified atom stereocenters. The van der Waals surface area contributed by atoms with E-state index in [1.54, 1.807) is 0 Å². The molecule has 4 heteroatoms. The highest BCUT2D eigenvalue weighted by Gasteiger charge is 2.26. The molecule has 2 atom stereocenters. The highest BCUT2D eigenvalue weighted by atomic mass is 79.9. The van der Waals surface area contributed by atoms with Crippen molar-refractivity contribution in [2.75, 3.05) is 13.2 Å². The quantitative estimate of drug-likeness (QED) is 0.897. The van der Waals surface area contributed by atoms with E-state index >= 15 is 0 Å². The Kier molecular flexibility index (Phi) is 3.41. The minimum Gasteiger partial charge on any atom is -0.346 e. The van der Waals surface area contributed by atoms with Crippen molar-refractivity contribution in [3.63, 3.8) is 0 Å². The number of aryl methyl sites for hydroxylation is 1. The van der Waals surface area contributed by atoms with Crippen LogP contribution in [0.2, 0.25) is 0 Å². The Bertz CT molecular complexity index is 356. The second-order valence-electron chi connectivity index (χ2n) is 3.67. The van der Waals surface area contributed by atoms with Crippen molar-refractivity contribution in [2.24, 2.45) is 5.73 Å². The third-order valence-electron chi connectivity index (χ3n) is 2.47. The summed E-state index contributed by atoms with van der Waals surface area (Å²) in [6.07, 6.45) is -0.232. The van der Waals surface area contributed by atoms with Crippen LogP contribution in [-0.2, 0) is 9.47 Å². The molecule has 0 amide bonds. The van der Waals surface area contributed by atoms with Gasteiger partial charge in [0.05, 0.1) is 12.7 Å². The van der Waals surface area contributed by atoms with Crippen LogP contribution in [-0.4, -0.2) is 19.3 Å². The second kappa shape index (κ2) is 4.61. The number of hydrogen-bond donors (Lipinski definition) is 1. The van der Waals surface area contributed by atoms with E-state index in [2.05, 4.69) is 22.0 Å². The Morgan fingerprint density at radius 1 is 1.53 bits per heavy atom. The normalized spacial score (nSPS) is 25.8. The molecular formula is C11H14BrNO2. The summed E-state index contributed by atoms with van der Waals surface area (Å²) >= 11 is 3.46. The Hall–Kier alpha value is -0.420. The Labute approximate surface area is 97.7 Å². The van der Waals surface area contributed by atoms with E-state index in [0.717, 1.165) is 10.0 Å². The van der Waals surface area contributed by atoms with Gasteiger partial charge in [0.1, 0.15) is 0 Å². The van der Waals surface area contributed by atoms with Gasteiger partial charge in [-0.2, -0.15) is 0 Å². The minimum absolute atomic E-state index is 0.0268. The van der Waals surface area contributed by atoms with E-state index in [9.17, 15) is 0 Å². The first-order valence-electron chi connectivity index (χ1n) is 4.94. The van der Waals surface area contributed by atoms with Gasteiger partial charge < -0.3 is 15.2 Å². The molecule has 0 spiro atoms. The fourth-order valence-corrected chi connectivity index (χ4v) is 1.81. The predicted octanol–water partition coefficient (Wildman–Crippen LogP) is 2.13. The van der Waals surface area contributed by atoms with Crippen molar-refractivity contribution in [1.82, 2.24) is 0 Å². The van der Waals surface area contributed by atoms with Gasteiger partial charge in [-0.3, -0.25) is 0 Å². The molecule has 0 bridgehead atoms. The fraction of sp³-hybridized carbons (Fsp3) is 0.455. The van der Waals surface area contributed by atoms with E-state index in [1.165, 1.54) is 5.56 Å². The minimum atomic E-state index is -0.259. The maximum Gasteiger partial charge on any atom is 0.184 e. The number of nitrogens with two attached hydrogens (primary N) is 1. The van der Waals surface area contributed by atoms with Gasteiger partial charge >= 0.3 is 0 Å². The third-order valence-corrected chi connectivity index (χ3v) is 3.36. The average molecular weight is 272 g/mol. The first-order chi connectivity index (χ1) is 7.20. The van der Waals surface area contributed by atoms with E-state index in [4.69, 9.17) is 15.2 Å². The Morgan fingerprint density at radius 2 is 2.33 bits per heavy atom. The van der Waals surface area contributed by atoms with Gasteiger partial charge in [-0.05, 0) is 24.6 Å². The second-order valence-corrected chi connectivity index (χ2v) is 4.52. The first-order valence-corrected chi connectivity index (χ1v) is 5.73. The zero-order valence-electron chi connectivity index (χ0n) is 8.57. The van der Waals surface area contributed by atoms with Gasteiger partial charge in [0.2, 0.25) is 0 Å². The lowest BCUT2D eigenvalue weighted by atomic mass is 10.1. The molecule has 3 nitrogen and oxygen atoms in total. The maximum atomic E-state index is 5.63. The molecule has 2 N–H and O–H groups in total. The van der Waals surface area contributed by atoms with Crippen molar-refractivity contribution in [3.8, 4) is 0 Å². The maximum absolute atomic E-state index is 5.63. The summed E-state index contributed by atoms with van der Waals surface area (Å²) in [7, 11) is 0. The molecule has 0 aromatic heterocycles. The summed E-state index contributed by atoms with van der Waals surface area (Å²) in [5.74, 6) is 0. The topological polar surface area (TPSA) is 44.5 Å². The largest absolute Gasteiger partial charge is 0.346 e. The lowest BCUT2D eigenvalue weighted by Crippen LogP contribution is -2.21. The summed E-state index contributed by atoms with van der Waals surface area (Å²) in [5, 5.41) is 0. The Balaban J connectivity index is 2.13. The fourth-order valence-electron chi connectivity index (χ4n) is 1.56. The van der Waals surface area contributed by atoms with Gasteiger partial charge in [-0.15, -0.1) is 0 Å². The van der Waals surface area contributed by atoms with E-state index < -0.39 is 0 Å². The molecule has 1 aromatic carbocycles. The van der Waals surface area contributed by atoms with Crippen LogP contribution in [0.4, 0.5) is 0 Å². The van der Waals surface area contributed by atoms with Gasteiger partial charge in [0.25, 0.3) is 0 Å². The van der Waals surface area contributed by atoms with E-state index in [1.807, 2.05) is 19.1 Å². The molecule has 1 aliphatic heterocycles. The molecule has 1 aliphatic rings. The molecule has 1 saturated heterocycles. The summed E-state index contributed by atoms with van der Waals surface area (Å²) in [6, 6.07) is 6.07. The standard InChI is InChI=1S/C11H14BrNO2/c1-7-4-8(2-3-10(7)12)11-14-6-9(5-13)15-11/h2-4,9,11H,5-6,13H2,1H3. The molecule has 2 rings (SSSR count). The molecular weight excluding hydrogens is 258 g/mol. The average Bonchev–Trinajstić information content (AvgIpc) is 2.70. The van der Waals surface area contributed by atoms with Crippen LogP contribution < -0.4 is 5.73 Å². The van der Waals surface area contributed by atoms with Gasteiger partial charge in [0.15, 0.2) is 6.29 Å². The van der Waals surface area contributed by atoms with Crippen LogP contribution in [0.15, 0.2) is 22.7 Å². The summed E-state index contributed by atoms with van der Waals surface area (Å²) in [4.78, 5) is 0. The molecule has 1 fully saturated rings. The van der Waals surface area contributed by atoms with E-state index in [0.29, 0.717) is 13.2 Å². The monoisotopic (exact) mass is 271 g/mol. The third kappa shape index (κ3) is 2.39. The smallest absolute Gasteiger partial charge is 0.184 e. The Morgan fingerprint density at radius 3 is 2.93 bits per heavy atom. The van der Waals surface area contributed by atoms with Gasteiger partial charge in [-0.25, -0.2) is 0 Å². The molecule has 0 radical (unpaired) electrons. The van der Waals surface area contributed by atoms with Gasteiger partial charge in [-0.1, -0.05) is 22.0 Å². The highest BCUT2D eigenvalue weighted by Crippen LogP contribution is 2.29.